The Bertz CT molecular complexity index is 715. The Morgan fingerprint density at radius 2 is 1.89 bits per heavy atom. The van der Waals surface area contributed by atoms with Gasteiger partial charge in [0, 0.05) is 6.20 Å². The number of nitrogens with zero attached hydrogens (tertiary/aromatic N) is 5. The SMILES string of the molecule is NC(=S)c1cccn1-c1nnnn1-c1ccccc1. The van der Waals surface area contributed by atoms with Crippen molar-refractivity contribution in [2.24, 2.45) is 5.73 Å². The number of thiocarbonyl (C=S) groups is 1. The lowest BCUT2D eigenvalue weighted by Crippen LogP contribution is -2.17. The van der Waals surface area contributed by atoms with Gasteiger partial charge in [-0.3, -0.25) is 4.57 Å². The average molecular weight is 270 g/mol. The molecule has 3 aromatic rings. The van der Waals surface area contributed by atoms with Crippen molar-refractivity contribution in [3.8, 4) is 11.6 Å². The van der Waals surface area contributed by atoms with Crippen molar-refractivity contribution in [1.82, 2.24) is 24.8 Å². The molecule has 0 aliphatic rings. The number of nitrogens with two attached hydrogens (primary N) is 1. The fourth-order valence-electron chi connectivity index (χ4n) is 1.82. The van der Waals surface area contributed by atoms with Gasteiger partial charge in [0.15, 0.2) is 0 Å². The minimum atomic E-state index is 0.299. The van der Waals surface area contributed by atoms with Crippen LogP contribution in [0.15, 0.2) is 48.7 Å². The van der Waals surface area contributed by atoms with Crippen molar-refractivity contribution in [1.29, 1.82) is 0 Å². The maximum atomic E-state index is 5.69. The number of aromatic nitrogens is 5. The Morgan fingerprint density at radius 1 is 1.11 bits per heavy atom. The second-order valence-electron chi connectivity index (χ2n) is 3.85. The van der Waals surface area contributed by atoms with Crippen LogP contribution in [0.1, 0.15) is 5.69 Å². The maximum absolute atomic E-state index is 5.69. The normalized spacial score (nSPS) is 10.5. The van der Waals surface area contributed by atoms with Crippen LogP contribution >= 0.6 is 12.2 Å². The summed E-state index contributed by atoms with van der Waals surface area (Å²) in [4.78, 5) is 0.299. The van der Waals surface area contributed by atoms with Gasteiger partial charge in [-0.1, -0.05) is 35.5 Å². The van der Waals surface area contributed by atoms with Gasteiger partial charge >= 0.3 is 0 Å². The zero-order valence-electron chi connectivity index (χ0n) is 9.84. The molecule has 0 unspecified atom stereocenters. The lowest BCUT2D eigenvalue weighted by atomic mass is 10.3. The minimum absolute atomic E-state index is 0.299. The molecule has 2 aromatic heterocycles. The van der Waals surface area contributed by atoms with Crippen LogP contribution in [-0.2, 0) is 0 Å². The van der Waals surface area contributed by atoms with Crippen LogP contribution in [0.3, 0.4) is 0 Å². The molecular weight excluding hydrogens is 260 g/mol. The van der Waals surface area contributed by atoms with E-state index in [9.17, 15) is 0 Å². The molecule has 3 rings (SSSR count). The van der Waals surface area contributed by atoms with E-state index in [-0.39, 0.29) is 0 Å². The molecule has 0 saturated carbocycles. The second kappa shape index (κ2) is 4.62. The van der Waals surface area contributed by atoms with Gasteiger partial charge in [-0.15, -0.1) is 0 Å². The Labute approximate surface area is 114 Å². The van der Waals surface area contributed by atoms with Crippen LogP contribution in [0.4, 0.5) is 0 Å². The van der Waals surface area contributed by atoms with Gasteiger partial charge in [0.05, 0.1) is 11.4 Å². The van der Waals surface area contributed by atoms with Crippen molar-refractivity contribution >= 4 is 17.2 Å². The van der Waals surface area contributed by atoms with Crippen LogP contribution in [0.25, 0.3) is 11.6 Å². The molecule has 0 fully saturated rings. The molecule has 0 atom stereocenters. The van der Waals surface area contributed by atoms with Gasteiger partial charge in [0.1, 0.15) is 4.99 Å². The zero-order chi connectivity index (χ0) is 13.2. The molecule has 0 bridgehead atoms. The maximum Gasteiger partial charge on any atom is 0.259 e. The zero-order valence-corrected chi connectivity index (χ0v) is 10.7. The van der Waals surface area contributed by atoms with Crippen molar-refractivity contribution in [2.75, 3.05) is 0 Å². The van der Waals surface area contributed by atoms with E-state index in [0.29, 0.717) is 16.6 Å². The topological polar surface area (TPSA) is 74.6 Å². The molecule has 1 aromatic carbocycles. The Kier molecular flexibility index (Phi) is 2.81. The van der Waals surface area contributed by atoms with Gasteiger partial charge < -0.3 is 5.73 Å². The van der Waals surface area contributed by atoms with E-state index in [2.05, 4.69) is 15.5 Å². The Morgan fingerprint density at radius 3 is 2.63 bits per heavy atom. The molecule has 19 heavy (non-hydrogen) atoms. The summed E-state index contributed by atoms with van der Waals surface area (Å²) in [7, 11) is 0. The smallest absolute Gasteiger partial charge is 0.259 e. The number of hydrogen-bond acceptors (Lipinski definition) is 4. The monoisotopic (exact) mass is 270 g/mol. The van der Waals surface area contributed by atoms with Crippen molar-refractivity contribution < 1.29 is 0 Å². The number of tetrazole rings is 1. The summed E-state index contributed by atoms with van der Waals surface area (Å²) in [5.41, 5.74) is 7.25. The van der Waals surface area contributed by atoms with E-state index in [1.807, 2.05) is 48.7 Å². The number of rotatable bonds is 3. The van der Waals surface area contributed by atoms with Crippen LogP contribution in [0.2, 0.25) is 0 Å². The first-order chi connectivity index (χ1) is 9.27. The van der Waals surface area contributed by atoms with Crippen molar-refractivity contribution in [3.63, 3.8) is 0 Å². The molecular formula is C12H10N6S. The fraction of sp³-hybridized carbons (Fsp3) is 0. The summed E-state index contributed by atoms with van der Waals surface area (Å²) in [6, 6.07) is 13.3. The van der Waals surface area contributed by atoms with Crippen LogP contribution in [0, 0.1) is 0 Å². The molecule has 0 aliphatic carbocycles. The number of para-hydroxylation sites is 1. The molecule has 0 radical (unpaired) electrons. The summed E-state index contributed by atoms with van der Waals surface area (Å²) in [5.74, 6) is 0.541. The quantitative estimate of drug-likeness (QED) is 0.721. The Hall–Kier alpha value is -2.54. The lowest BCUT2D eigenvalue weighted by molar-refractivity contribution is 0.772. The summed E-state index contributed by atoms with van der Waals surface area (Å²) in [5, 5.41) is 11.7. The van der Waals surface area contributed by atoms with Crippen LogP contribution in [-0.4, -0.2) is 29.8 Å². The van der Waals surface area contributed by atoms with Crippen LogP contribution in [0.5, 0.6) is 0 Å². The molecule has 0 spiro atoms. The molecule has 0 amide bonds. The summed E-state index contributed by atoms with van der Waals surface area (Å²) < 4.78 is 3.39. The predicted molar refractivity (Wildman–Crippen MR) is 74.4 cm³/mol. The summed E-state index contributed by atoms with van der Waals surface area (Å²) in [6.45, 7) is 0. The van der Waals surface area contributed by atoms with Gasteiger partial charge in [0.25, 0.3) is 5.95 Å². The van der Waals surface area contributed by atoms with E-state index < -0.39 is 0 Å². The number of benzene rings is 1. The van der Waals surface area contributed by atoms with Gasteiger partial charge in [-0.2, -0.15) is 4.68 Å². The highest BCUT2D eigenvalue weighted by molar-refractivity contribution is 7.80. The van der Waals surface area contributed by atoms with E-state index in [0.717, 1.165) is 5.69 Å². The second-order valence-corrected chi connectivity index (χ2v) is 4.29. The first-order valence-electron chi connectivity index (χ1n) is 5.59. The van der Waals surface area contributed by atoms with Crippen LogP contribution < -0.4 is 5.73 Å². The standard InChI is InChI=1S/C12H10N6S/c13-11(19)10-7-4-8-17(10)12-14-15-16-18(12)9-5-2-1-3-6-9/h1-8H,(H2,13,19). The third-order valence-electron chi connectivity index (χ3n) is 2.67. The molecule has 0 saturated heterocycles. The van der Waals surface area contributed by atoms with E-state index >= 15 is 0 Å². The van der Waals surface area contributed by atoms with Crippen molar-refractivity contribution in [3.05, 3.63) is 54.4 Å². The first kappa shape index (κ1) is 11.5. The van der Waals surface area contributed by atoms with Gasteiger partial charge in [-0.25, -0.2) is 0 Å². The van der Waals surface area contributed by atoms with Gasteiger partial charge in [-0.05, 0) is 34.7 Å². The van der Waals surface area contributed by atoms with E-state index in [4.69, 9.17) is 18.0 Å². The highest BCUT2D eigenvalue weighted by atomic mass is 32.1. The summed E-state index contributed by atoms with van der Waals surface area (Å²) >= 11 is 5.02. The largest absolute Gasteiger partial charge is 0.388 e. The predicted octanol–water partition coefficient (Wildman–Crippen LogP) is 1.09. The average Bonchev–Trinajstić information content (AvgIpc) is 3.08. The molecule has 7 heteroatoms. The highest BCUT2D eigenvalue weighted by Crippen LogP contribution is 2.13. The highest BCUT2D eigenvalue weighted by Gasteiger charge is 2.13. The molecule has 2 N–H and O–H groups in total. The lowest BCUT2D eigenvalue weighted by Gasteiger charge is -2.08. The first-order valence-corrected chi connectivity index (χ1v) is 5.99. The fourth-order valence-corrected chi connectivity index (χ4v) is 1.99. The minimum Gasteiger partial charge on any atom is -0.388 e. The molecule has 0 aliphatic heterocycles. The third kappa shape index (κ3) is 2.00. The Balaban J connectivity index is 2.15. The van der Waals surface area contributed by atoms with Crippen molar-refractivity contribution in [2.45, 2.75) is 0 Å². The third-order valence-corrected chi connectivity index (χ3v) is 2.88. The number of hydrogen-bond donors (Lipinski definition) is 1. The van der Waals surface area contributed by atoms with E-state index in [1.165, 1.54) is 0 Å². The van der Waals surface area contributed by atoms with E-state index in [1.54, 1.807) is 9.25 Å². The van der Waals surface area contributed by atoms with Gasteiger partial charge in [0.2, 0.25) is 0 Å². The molecule has 6 nitrogen and oxygen atoms in total. The molecule has 2 heterocycles. The summed E-state index contributed by atoms with van der Waals surface area (Å²) in [6.07, 6.45) is 1.82. The molecule has 94 valence electrons.